The number of nitrogens with zero attached hydrogens (tertiary/aromatic N) is 2. The highest BCUT2D eigenvalue weighted by Crippen LogP contribution is 2.39. The van der Waals surface area contributed by atoms with Gasteiger partial charge in [0.05, 0.1) is 11.0 Å². The number of alkyl halides is 2. The molecule has 2 heterocycles. The highest BCUT2D eigenvalue weighted by Gasteiger charge is 2.26. The Morgan fingerprint density at radius 2 is 1.96 bits per heavy atom. The second-order valence-electron chi connectivity index (χ2n) is 5.87. The first-order valence-electron chi connectivity index (χ1n) is 8.08. The van der Waals surface area contributed by atoms with Crippen molar-refractivity contribution in [3.63, 3.8) is 0 Å². The lowest BCUT2D eigenvalue weighted by molar-refractivity contribution is 0.0694. The van der Waals surface area contributed by atoms with Crippen LogP contribution >= 0.6 is 11.3 Å². The van der Waals surface area contributed by atoms with E-state index in [1.807, 2.05) is 0 Å². The van der Waals surface area contributed by atoms with Gasteiger partial charge in [0, 0.05) is 16.6 Å². The molecule has 0 amide bonds. The first-order chi connectivity index (χ1) is 13.5. The normalized spacial score (nSPS) is 11.3. The Morgan fingerprint density at radius 3 is 2.68 bits per heavy atom. The molecule has 4 aromatic rings. The van der Waals surface area contributed by atoms with Crippen molar-refractivity contribution in [1.29, 1.82) is 0 Å². The molecule has 0 spiro atoms. The van der Waals surface area contributed by atoms with Gasteiger partial charge >= 0.3 is 12.5 Å². The average Bonchev–Trinajstić information content (AvgIpc) is 3.22. The molecule has 0 bridgehead atoms. The number of hydrogen-bond acceptors (Lipinski definition) is 4. The zero-order valence-electron chi connectivity index (χ0n) is 14.1. The number of carboxylic acids is 1. The number of rotatable bonds is 5. The van der Waals surface area contributed by atoms with Crippen molar-refractivity contribution in [3.8, 4) is 11.4 Å². The number of halogens is 3. The van der Waals surface area contributed by atoms with Gasteiger partial charge in [-0.1, -0.05) is 18.2 Å². The van der Waals surface area contributed by atoms with Gasteiger partial charge in [0.1, 0.15) is 22.2 Å². The summed E-state index contributed by atoms with van der Waals surface area (Å²) in [6.45, 7) is -2.90. The van der Waals surface area contributed by atoms with Crippen molar-refractivity contribution in [2.45, 2.75) is 6.55 Å². The lowest BCUT2D eigenvalue weighted by Crippen LogP contribution is -2.05. The van der Waals surface area contributed by atoms with Gasteiger partial charge in [0.25, 0.3) is 0 Å². The van der Waals surface area contributed by atoms with Gasteiger partial charge < -0.3 is 10.4 Å². The van der Waals surface area contributed by atoms with Crippen molar-refractivity contribution in [2.24, 2.45) is 0 Å². The van der Waals surface area contributed by atoms with Crippen LogP contribution in [0, 0.1) is 5.82 Å². The van der Waals surface area contributed by atoms with E-state index >= 15 is 0 Å². The molecule has 0 radical (unpaired) electrons. The van der Waals surface area contributed by atoms with Gasteiger partial charge in [-0.2, -0.15) is 8.78 Å². The maximum Gasteiger partial charge on any atom is 0.339 e. The molecule has 5 nitrogen and oxygen atoms in total. The second kappa shape index (κ2) is 7.01. The van der Waals surface area contributed by atoms with E-state index in [0.717, 1.165) is 11.3 Å². The number of fused-ring (bicyclic) bond motifs is 1. The summed E-state index contributed by atoms with van der Waals surface area (Å²) >= 11 is 1.02. The molecule has 9 heteroatoms. The van der Waals surface area contributed by atoms with Crippen molar-refractivity contribution in [1.82, 2.24) is 9.55 Å². The van der Waals surface area contributed by atoms with Crippen molar-refractivity contribution < 1.29 is 23.1 Å². The highest BCUT2D eigenvalue weighted by atomic mass is 32.1. The van der Waals surface area contributed by atoms with E-state index in [-0.39, 0.29) is 27.5 Å². The Labute approximate surface area is 160 Å². The summed E-state index contributed by atoms with van der Waals surface area (Å²) in [6.07, 6.45) is 0. The number of aromatic nitrogens is 2. The third kappa shape index (κ3) is 3.09. The van der Waals surface area contributed by atoms with Crippen LogP contribution < -0.4 is 5.32 Å². The minimum absolute atomic E-state index is 0.0629. The summed E-state index contributed by atoms with van der Waals surface area (Å²) in [4.78, 5) is 16.1. The maximum atomic E-state index is 13.7. The van der Waals surface area contributed by atoms with Crippen LogP contribution in [0.2, 0.25) is 0 Å². The van der Waals surface area contributed by atoms with Gasteiger partial charge in [-0.15, -0.1) is 11.3 Å². The topological polar surface area (TPSA) is 67.1 Å². The summed E-state index contributed by atoms with van der Waals surface area (Å²) in [6, 6.07) is 11.9. The molecular weight excluding hydrogens is 391 g/mol. The third-order valence-corrected chi connectivity index (χ3v) is 5.01. The molecule has 28 heavy (non-hydrogen) atoms. The van der Waals surface area contributed by atoms with Crippen LogP contribution in [-0.4, -0.2) is 20.6 Å². The number of thiophene rings is 1. The van der Waals surface area contributed by atoms with Gasteiger partial charge in [-0.3, -0.25) is 4.57 Å². The van der Waals surface area contributed by atoms with Crippen LogP contribution in [0.1, 0.15) is 16.9 Å². The number of nitrogens with one attached hydrogen (secondary N) is 1. The number of benzene rings is 2. The Bertz CT molecular complexity index is 1190. The zero-order valence-corrected chi connectivity index (χ0v) is 14.9. The minimum Gasteiger partial charge on any atom is -0.478 e. The molecule has 4 rings (SSSR count). The average molecular weight is 403 g/mol. The van der Waals surface area contributed by atoms with E-state index in [1.54, 1.807) is 24.3 Å². The number of hydrogen-bond donors (Lipinski definition) is 2. The molecule has 0 atom stereocenters. The van der Waals surface area contributed by atoms with Crippen LogP contribution in [0.3, 0.4) is 0 Å². The molecule has 0 saturated heterocycles. The molecule has 0 saturated carbocycles. The Kier molecular flexibility index (Phi) is 4.52. The van der Waals surface area contributed by atoms with E-state index in [4.69, 9.17) is 0 Å². The van der Waals surface area contributed by atoms with Crippen LogP contribution in [0.15, 0.2) is 53.9 Å². The van der Waals surface area contributed by atoms with Gasteiger partial charge in [0.15, 0.2) is 0 Å². The largest absolute Gasteiger partial charge is 0.478 e. The van der Waals surface area contributed by atoms with Crippen molar-refractivity contribution in [3.05, 3.63) is 65.3 Å². The monoisotopic (exact) mass is 403 g/mol. The summed E-state index contributed by atoms with van der Waals surface area (Å²) in [5.74, 6) is -1.93. The van der Waals surface area contributed by atoms with E-state index < -0.39 is 18.3 Å². The lowest BCUT2D eigenvalue weighted by atomic mass is 10.1. The minimum atomic E-state index is -2.90. The first-order valence-corrected chi connectivity index (χ1v) is 8.96. The fourth-order valence-electron chi connectivity index (χ4n) is 2.96. The first kappa shape index (κ1) is 18.1. The summed E-state index contributed by atoms with van der Waals surface area (Å²) < 4.78 is 41.6. The van der Waals surface area contributed by atoms with Gasteiger partial charge in [-0.05, 0) is 30.3 Å². The lowest BCUT2D eigenvalue weighted by Gasteiger charge is -2.09. The number of aromatic carboxylic acids is 1. The standard InChI is InChI=1S/C19H12F3N3O2S/c20-10-4-3-5-11(8-10)23-17-15(18(26)27)12(9-28-17)16-24-13-6-1-2-7-14(13)25(16)19(21)22/h1-9,19,23H,(H,26,27). The Hall–Kier alpha value is -3.33. The Balaban J connectivity index is 1.88. The van der Waals surface area contributed by atoms with Crippen LogP contribution in [0.5, 0.6) is 0 Å². The fraction of sp³-hybridized carbons (Fsp3) is 0.0526. The van der Waals surface area contributed by atoms with Crippen LogP contribution in [-0.2, 0) is 0 Å². The van der Waals surface area contributed by atoms with Gasteiger partial charge in [0.2, 0.25) is 0 Å². The molecule has 142 valence electrons. The van der Waals surface area contributed by atoms with Crippen molar-refractivity contribution in [2.75, 3.05) is 5.32 Å². The molecule has 2 aromatic heterocycles. The zero-order chi connectivity index (χ0) is 19.8. The molecule has 0 aliphatic carbocycles. The number of para-hydroxylation sites is 2. The van der Waals surface area contributed by atoms with E-state index in [1.165, 1.54) is 29.6 Å². The smallest absolute Gasteiger partial charge is 0.339 e. The molecule has 0 unspecified atom stereocenters. The summed E-state index contributed by atoms with van der Waals surface area (Å²) in [5.41, 5.74) is 0.743. The molecule has 0 aliphatic heterocycles. The molecule has 2 aromatic carbocycles. The number of anilines is 2. The van der Waals surface area contributed by atoms with E-state index in [9.17, 15) is 23.1 Å². The van der Waals surface area contributed by atoms with E-state index in [2.05, 4.69) is 10.3 Å². The van der Waals surface area contributed by atoms with Crippen molar-refractivity contribution >= 4 is 39.0 Å². The maximum absolute atomic E-state index is 13.7. The molecule has 0 aliphatic rings. The van der Waals surface area contributed by atoms with Gasteiger partial charge in [-0.25, -0.2) is 14.2 Å². The number of imidazole rings is 1. The Morgan fingerprint density at radius 1 is 1.18 bits per heavy atom. The third-order valence-electron chi connectivity index (χ3n) is 4.12. The molecule has 2 N–H and O–H groups in total. The van der Waals surface area contributed by atoms with Crippen LogP contribution in [0.4, 0.5) is 23.9 Å². The number of carboxylic acid groups (broad SMARTS) is 1. The molecule has 0 fully saturated rings. The predicted octanol–water partition coefficient (Wildman–Crippen LogP) is 5.74. The second-order valence-corrected chi connectivity index (χ2v) is 6.75. The highest BCUT2D eigenvalue weighted by molar-refractivity contribution is 7.15. The molecular formula is C19H12F3N3O2S. The quantitative estimate of drug-likeness (QED) is 0.446. The SMILES string of the molecule is O=C(O)c1c(-c2nc3ccccc3n2C(F)F)csc1Nc1cccc(F)c1. The van der Waals surface area contributed by atoms with E-state index in [0.29, 0.717) is 15.8 Å². The fourth-order valence-corrected chi connectivity index (χ4v) is 3.91. The van der Waals surface area contributed by atoms with Crippen LogP contribution in [0.25, 0.3) is 22.4 Å². The predicted molar refractivity (Wildman–Crippen MR) is 101 cm³/mol. The summed E-state index contributed by atoms with van der Waals surface area (Å²) in [5, 5.41) is 14.2. The summed E-state index contributed by atoms with van der Waals surface area (Å²) in [7, 11) is 0. The number of carbonyl (C=O) groups is 1.